The molecule has 0 amide bonds. The van der Waals surface area contributed by atoms with Crippen LogP contribution in [0, 0.1) is 0 Å². The summed E-state index contributed by atoms with van der Waals surface area (Å²) in [5.41, 5.74) is 11.6. The molecule has 0 fully saturated rings. The second-order valence-corrected chi connectivity index (χ2v) is 7.21. The minimum atomic E-state index is 0.109. The molecule has 4 rings (SSSR count). The number of nitrogens with one attached hydrogen (secondary N) is 1. The highest BCUT2D eigenvalue weighted by Crippen LogP contribution is 2.49. The van der Waals surface area contributed by atoms with Crippen LogP contribution in [0.1, 0.15) is 48.0 Å². The van der Waals surface area contributed by atoms with Gasteiger partial charge in [0.1, 0.15) is 0 Å². The van der Waals surface area contributed by atoms with E-state index in [1.165, 1.54) is 27.7 Å². The van der Waals surface area contributed by atoms with Crippen LogP contribution in [-0.2, 0) is 0 Å². The molecular formula is C19H19BrN2. The van der Waals surface area contributed by atoms with Crippen LogP contribution in [0.25, 0.3) is 10.9 Å². The van der Waals surface area contributed by atoms with E-state index < -0.39 is 0 Å². The van der Waals surface area contributed by atoms with Crippen molar-refractivity contribution in [2.24, 2.45) is 5.73 Å². The summed E-state index contributed by atoms with van der Waals surface area (Å²) < 4.78 is 1.12. The zero-order valence-electron chi connectivity index (χ0n) is 12.5. The predicted molar refractivity (Wildman–Crippen MR) is 95.1 cm³/mol. The van der Waals surface area contributed by atoms with Crippen molar-refractivity contribution >= 4 is 26.8 Å². The number of H-pyrrole nitrogens is 1. The van der Waals surface area contributed by atoms with Crippen LogP contribution in [0.2, 0.25) is 0 Å². The highest BCUT2D eigenvalue weighted by atomic mass is 79.9. The van der Waals surface area contributed by atoms with Gasteiger partial charge in [-0.1, -0.05) is 53.2 Å². The predicted octanol–water partition coefficient (Wildman–Crippen LogP) is 5.22. The van der Waals surface area contributed by atoms with E-state index in [0.29, 0.717) is 11.8 Å². The summed E-state index contributed by atoms with van der Waals surface area (Å²) in [5, 5.41) is 1.31. The standard InChI is InChI=1S/C19H19BrN2/c1-11(12-5-3-2-4-6-12)14-10-16(21)19-18(14)15-9-13(20)7-8-17(15)22-19/h2-9,11,14,16,22H,10,21H2,1H3/t11-,14?,16+/m0/s1. The highest BCUT2D eigenvalue weighted by molar-refractivity contribution is 9.10. The van der Waals surface area contributed by atoms with Crippen molar-refractivity contribution in [3.8, 4) is 0 Å². The second kappa shape index (κ2) is 5.25. The topological polar surface area (TPSA) is 41.8 Å². The molecule has 112 valence electrons. The average Bonchev–Trinajstić information content (AvgIpc) is 3.05. The maximum atomic E-state index is 6.41. The number of aromatic amines is 1. The largest absolute Gasteiger partial charge is 0.357 e. The first kappa shape index (κ1) is 14.0. The molecule has 3 aromatic rings. The van der Waals surface area contributed by atoms with Gasteiger partial charge in [-0.2, -0.15) is 0 Å². The van der Waals surface area contributed by atoms with Crippen molar-refractivity contribution in [3.63, 3.8) is 0 Å². The van der Waals surface area contributed by atoms with Gasteiger partial charge in [-0.05, 0) is 47.6 Å². The number of rotatable bonds is 2. The van der Waals surface area contributed by atoms with Crippen molar-refractivity contribution in [2.45, 2.75) is 31.2 Å². The van der Waals surface area contributed by atoms with E-state index in [4.69, 9.17) is 5.73 Å². The van der Waals surface area contributed by atoms with Crippen molar-refractivity contribution in [3.05, 3.63) is 69.8 Å². The number of benzene rings is 2. The van der Waals surface area contributed by atoms with Gasteiger partial charge >= 0.3 is 0 Å². The Kier molecular flexibility index (Phi) is 3.35. The molecule has 0 saturated heterocycles. The Morgan fingerprint density at radius 1 is 1.18 bits per heavy atom. The van der Waals surface area contributed by atoms with E-state index in [2.05, 4.69) is 76.4 Å². The summed E-state index contributed by atoms with van der Waals surface area (Å²) in [7, 11) is 0. The first-order valence-electron chi connectivity index (χ1n) is 7.76. The summed E-state index contributed by atoms with van der Waals surface area (Å²) in [6.45, 7) is 2.32. The van der Waals surface area contributed by atoms with E-state index in [1.54, 1.807) is 0 Å². The first-order chi connectivity index (χ1) is 10.6. The van der Waals surface area contributed by atoms with Crippen molar-refractivity contribution < 1.29 is 0 Å². The molecule has 1 aliphatic rings. The molecule has 0 radical (unpaired) electrons. The van der Waals surface area contributed by atoms with Crippen molar-refractivity contribution in [1.82, 2.24) is 4.98 Å². The Balaban J connectivity index is 1.85. The van der Waals surface area contributed by atoms with Gasteiger partial charge in [-0.25, -0.2) is 0 Å². The third-order valence-electron chi connectivity index (χ3n) is 5.01. The van der Waals surface area contributed by atoms with Crippen LogP contribution >= 0.6 is 15.9 Å². The molecule has 3 heteroatoms. The van der Waals surface area contributed by atoms with Gasteiger partial charge in [0.15, 0.2) is 0 Å². The first-order valence-corrected chi connectivity index (χ1v) is 8.56. The summed E-state index contributed by atoms with van der Waals surface area (Å²) in [4.78, 5) is 3.54. The lowest BCUT2D eigenvalue weighted by molar-refractivity contribution is 0.530. The van der Waals surface area contributed by atoms with Crippen LogP contribution in [0.15, 0.2) is 53.0 Å². The van der Waals surface area contributed by atoms with Crippen LogP contribution < -0.4 is 5.73 Å². The quantitative estimate of drug-likeness (QED) is 0.650. The molecule has 0 saturated carbocycles. The summed E-state index contributed by atoms with van der Waals surface area (Å²) in [6, 6.07) is 17.3. The number of hydrogen-bond acceptors (Lipinski definition) is 1. The summed E-state index contributed by atoms with van der Waals surface area (Å²) in [6.07, 6.45) is 1.01. The van der Waals surface area contributed by atoms with Gasteiger partial charge in [-0.15, -0.1) is 0 Å². The van der Waals surface area contributed by atoms with Crippen LogP contribution in [0.3, 0.4) is 0 Å². The van der Waals surface area contributed by atoms with Crippen molar-refractivity contribution in [2.75, 3.05) is 0 Å². The minimum absolute atomic E-state index is 0.109. The van der Waals surface area contributed by atoms with Crippen LogP contribution in [0.4, 0.5) is 0 Å². The Morgan fingerprint density at radius 2 is 1.95 bits per heavy atom. The third-order valence-corrected chi connectivity index (χ3v) is 5.50. The highest BCUT2D eigenvalue weighted by Gasteiger charge is 2.36. The molecule has 0 spiro atoms. The SMILES string of the molecule is C[C@@H](c1ccccc1)C1C[C@@H](N)c2[nH]c3ccc(Br)cc3c21. The van der Waals surface area contributed by atoms with Gasteiger partial charge in [0.2, 0.25) is 0 Å². The molecular weight excluding hydrogens is 336 g/mol. The molecule has 1 unspecified atom stereocenters. The van der Waals surface area contributed by atoms with Gasteiger partial charge < -0.3 is 10.7 Å². The normalized spacial score (nSPS) is 22.0. The summed E-state index contributed by atoms with van der Waals surface area (Å²) in [5.74, 6) is 0.932. The number of hydrogen-bond donors (Lipinski definition) is 2. The Hall–Kier alpha value is -1.58. The number of halogens is 1. The average molecular weight is 355 g/mol. The van der Waals surface area contributed by atoms with Gasteiger partial charge in [0.05, 0.1) is 0 Å². The zero-order chi connectivity index (χ0) is 15.3. The lowest BCUT2D eigenvalue weighted by Crippen LogP contribution is -2.09. The number of fused-ring (bicyclic) bond motifs is 3. The molecule has 3 atom stereocenters. The van der Waals surface area contributed by atoms with E-state index in [1.807, 2.05) is 0 Å². The van der Waals surface area contributed by atoms with Gasteiger partial charge in [0, 0.05) is 27.1 Å². The fourth-order valence-electron chi connectivity index (χ4n) is 3.85. The third kappa shape index (κ3) is 2.11. The van der Waals surface area contributed by atoms with E-state index in [-0.39, 0.29) is 6.04 Å². The summed E-state index contributed by atoms with van der Waals surface area (Å²) >= 11 is 3.60. The Labute approximate surface area is 138 Å². The molecule has 1 aliphatic carbocycles. The molecule has 1 heterocycles. The molecule has 0 aliphatic heterocycles. The maximum absolute atomic E-state index is 6.41. The van der Waals surface area contributed by atoms with Gasteiger partial charge in [-0.3, -0.25) is 0 Å². The minimum Gasteiger partial charge on any atom is -0.357 e. The number of aromatic nitrogens is 1. The smallest absolute Gasteiger partial charge is 0.0460 e. The second-order valence-electron chi connectivity index (χ2n) is 6.29. The zero-order valence-corrected chi connectivity index (χ0v) is 14.1. The molecule has 2 nitrogen and oxygen atoms in total. The molecule has 1 aromatic heterocycles. The van der Waals surface area contributed by atoms with Crippen LogP contribution in [0.5, 0.6) is 0 Å². The van der Waals surface area contributed by atoms with E-state index in [0.717, 1.165) is 10.9 Å². The monoisotopic (exact) mass is 354 g/mol. The van der Waals surface area contributed by atoms with E-state index in [9.17, 15) is 0 Å². The Morgan fingerprint density at radius 3 is 2.73 bits per heavy atom. The van der Waals surface area contributed by atoms with Gasteiger partial charge in [0.25, 0.3) is 0 Å². The Bertz CT molecular complexity index is 822. The molecule has 2 aromatic carbocycles. The van der Waals surface area contributed by atoms with Crippen molar-refractivity contribution in [1.29, 1.82) is 0 Å². The fourth-order valence-corrected chi connectivity index (χ4v) is 4.21. The lowest BCUT2D eigenvalue weighted by Gasteiger charge is -2.21. The number of nitrogens with two attached hydrogens (primary N) is 1. The van der Waals surface area contributed by atoms with E-state index >= 15 is 0 Å². The molecule has 3 N–H and O–H groups in total. The van der Waals surface area contributed by atoms with Crippen LogP contribution in [-0.4, -0.2) is 4.98 Å². The lowest BCUT2D eigenvalue weighted by atomic mass is 9.83. The molecule has 22 heavy (non-hydrogen) atoms. The molecule has 0 bridgehead atoms. The fraction of sp³-hybridized carbons (Fsp3) is 0.263. The maximum Gasteiger partial charge on any atom is 0.0460 e.